The van der Waals surface area contributed by atoms with Gasteiger partial charge >= 0.3 is 0 Å². The molecule has 0 radical (unpaired) electrons. The van der Waals surface area contributed by atoms with Gasteiger partial charge in [0.25, 0.3) is 0 Å². The second-order valence-corrected chi connectivity index (χ2v) is 13.4. The molecule has 9 aromatic carbocycles. The molecule has 0 spiro atoms. The smallest absolute Gasteiger partial charge is 0.0473 e. The van der Waals surface area contributed by atoms with Crippen LogP contribution in [0.15, 0.2) is 224 Å². The van der Waals surface area contributed by atoms with Crippen molar-refractivity contribution in [3.05, 3.63) is 224 Å². The van der Waals surface area contributed by atoms with E-state index in [-0.39, 0.29) is 0 Å². The molecule has 250 valence electrons. The summed E-state index contributed by atoms with van der Waals surface area (Å²) >= 11 is 0. The first-order chi connectivity index (χ1) is 26.3. The fourth-order valence-corrected chi connectivity index (χ4v) is 7.38. The normalized spacial score (nSPS) is 11.0. The minimum atomic E-state index is 1.09. The number of anilines is 3. The van der Waals surface area contributed by atoms with Crippen LogP contribution in [0.2, 0.25) is 0 Å². The molecule has 0 saturated heterocycles. The van der Waals surface area contributed by atoms with Crippen LogP contribution in [0.4, 0.5) is 17.1 Å². The van der Waals surface area contributed by atoms with E-state index in [0.717, 1.165) is 17.1 Å². The van der Waals surface area contributed by atoms with Gasteiger partial charge in [-0.15, -0.1) is 0 Å². The molecule has 1 nitrogen and oxygen atoms in total. The van der Waals surface area contributed by atoms with Gasteiger partial charge in [0.05, 0.1) is 0 Å². The number of hydrogen-bond acceptors (Lipinski definition) is 1. The summed E-state index contributed by atoms with van der Waals surface area (Å²) in [4.78, 5) is 2.39. The standard InChI is InChI=1S/C52H37N/c1-4-15-38(16-5-1)44-24-13-26-49(35-44)53(50-36-46(39-17-6-2-7-18-39)34-47(37-50)40-19-8-3-9-20-40)48-31-29-41(30-32-48)43-23-12-25-45(33-43)52-28-14-22-42-21-10-11-27-51(42)52/h1-37H. The van der Waals surface area contributed by atoms with Crippen molar-refractivity contribution in [2.24, 2.45) is 0 Å². The SMILES string of the molecule is c1ccc(-c2cccc(N(c3ccc(-c4cccc(-c5cccc6ccccc56)c4)cc3)c3cc(-c4ccccc4)cc(-c4ccccc4)c3)c2)cc1. The zero-order valence-corrected chi connectivity index (χ0v) is 29.3. The van der Waals surface area contributed by atoms with Crippen molar-refractivity contribution >= 4 is 27.8 Å². The van der Waals surface area contributed by atoms with E-state index in [0.29, 0.717) is 0 Å². The Bertz CT molecular complexity index is 2580. The molecular formula is C52H37N. The highest BCUT2D eigenvalue weighted by Crippen LogP contribution is 2.41. The first-order valence-corrected chi connectivity index (χ1v) is 18.2. The third kappa shape index (κ3) is 6.65. The van der Waals surface area contributed by atoms with Crippen molar-refractivity contribution in [3.8, 4) is 55.6 Å². The molecule has 0 saturated carbocycles. The maximum Gasteiger partial charge on any atom is 0.0473 e. The van der Waals surface area contributed by atoms with Gasteiger partial charge in [-0.25, -0.2) is 0 Å². The Morgan fingerprint density at radius 1 is 0.226 bits per heavy atom. The van der Waals surface area contributed by atoms with Crippen molar-refractivity contribution in [1.82, 2.24) is 0 Å². The van der Waals surface area contributed by atoms with Crippen LogP contribution < -0.4 is 4.90 Å². The molecule has 9 rings (SSSR count). The molecule has 0 atom stereocenters. The number of benzene rings is 9. The third-order valence-corrected chi connectivity index (χ3v) is 10.0. The Labute approximate surface area is 311 Å². The highest BCUT2D eigenvalue weighted by atomic mass is 15.1. The number of nitrogens with zero attached hydrogens (tertiary/aromatic N) is 1. The summed E-state index contributed by atoms with van der Waals surface area (Å²) < 4.78 is 0. The van der Waals surface area contributed by atoms with Crippen molar-refractivity contribution in [2.45, 2.75) is 0 Å². The van der Waals surface area contributed by atoms with Crippen LogP contribution in [-0.4, -0.2) is 0 Å². The molecule has 0 aromatic heterocycles. The van der Waals surface area contributed by atoms with Gasteiger partial charge < -0.3 is 4.90 Å². The lowest BCUT2D eigenvalue weighted by molar-refractivity contribution is 1.28. The van der Waals surface area contributed by atoms with Crippen molar-refractivity contribution in [3.63, 3.8) is 0 Å². The zero-order valence-electron chi connectivity index (χ0n) is 29.3. The summed E-state index contributed by atoms with van der Waals surface area (Å²) in [5.41, 5.74) is 15.2. The number of fused-ring (bicyclic) bond motifs is 1. The lowest BCUT2D eigenvalue weighted by Gasteiger charge is -2.27. The Kier molecular flexibility index (Phi) is 8.66. The average Bonchev–Trinajstić information content (AvgIpc) is 3.25. The van der Waals surface area contributed by atoms with Gasteiger partial charge in [-0.1, -0.05) is 176 Å². The van der Waals surface area contributed by atoms with E-state index < -0.39 is 0 Å². The van der Waals surface area contributed by atoms with Crippen molar-refractivity contribution in [2.75, 3.05) is 4.90 Å². The van der Waals surface area contributed by atoms with Gasteiger partial charge in [-0.2, -0.15) is 0 Å². The second kappa shape index (κ2) is 14.3. The summed E-state index contributed by atoms with van der Waals surface area (Å²) in [5, 5.41) is 2.52. The predicted molar refractivity (Wildman–Crippen MR) is 226 cm³/mol. The molecular weight excluding hydrogens is 639 g/mol. The van der Waals surface area contributed by atoms with Crippen LogP contribution in [0.25, 0.3) is 66.4 Å². The molecule has 1 heteroatoms. The molecule has 53 heavy (non-hydrogen) atoms. The first-order valence-electron chi connectivity index (χ1n) is 18.2. The molecule has 0 bridgehead atoms. The lowest BCUT2D eigenvalue weighted by Crippen LogP contribution is -2.10. The van der Waals surface area contributed by atoms with E-state index in [9.17, 15) is 0 Å². The quantitative estimate of drug-likeness (QED) is 0.155. The van der Waals surface area contributed by atoms with Gasteiger partial charge in [-0.3, -0.25) is 0 Å². The molecule has 0 fully saturated rings. The van der Waals surface area contributed by atoms with E-state index in [1.807, 2.05) is 0 Å². The molecule has 0 heterocycles. The first kappa shape index (κ1) is 32.0. The molecule has 0 aliphatic carbocycles. The summed E-state index contributed by atoms with van der Waals surface area (Å²) in [6, 6.07) is 80.9. The fraction of sp³-hybridized carbons (Fsp3) is 0. The average molecular weight is 676 g/mol. The summed E-state index contributed by atoms with van der Waals surface area (Å²) in [5.74, 6) is 0. The third-order valence-electron chi connectivity index (χ3n) is 10.0. The van der Waals surface area contributed by atoms with Crippen LogP contribution in [0, 0.1) is 0 Å². The van der Waals surface area contributed by atoms with E-state index in [4.69, 9.17) is 0 Å². The number of rotatable bonds is 8. The van der Waals surface area contributed by atoms with Gasteiger partial charge in [0.1, 0.15) is 0 Å². The van der Waals surface area contributed by atoms with Crippen molar-refractivity contribution in [1.29, 1.82) is 0 Å². The van der Waals surface area contributed by atoms with Gasteiger partial charge in [-0.05, 0) is 115 Å². The minimum Gasteiger partial charge on any atom is -0.310 e. The minimum absolute atomic E-state index is 1.09. The topological polar surface area (TPSA) is 3.24 Å². The Morgan fingerprint density at radius 3 is 1.32 bits per heavy atom. The Morgan fingerprint density at radius 2 is 0.660 bits per heavy atom. The predicted octanol–water partition coefficient (Wildman–Crippen LogP) is 14.6. The Hall–Kier alpha value is -6.96. The fourth-order valence-electron chi connectivity index (χ4n) is 7.38. The van der Waals surface area contributed by atoms with Crippen molar-refractivity contribution < 1.29 is 0 Å². The monoisotopic (exact) mass is 675 g/mol. The van der Waals surface area contributed by atoms with Crippen LogP contribution in [0.1, 0.15) is 0 Å². The molecule has 0 aliphatic heterocycles. The van der Waals surface area contributed by atoms with Crippen LogP contribution >= 0.6 is 0 Å². The van der Waals surface area contributed by atoms with Gasteiger partial charge in [0.15, 0.2) is 0 Å². The molecule has 0 unspecified atom stereocenters. The largest absolute Gasteiger partial charge is 0.310 e. The molecule has 0 amide bonds. The maximum absolute atomic E-state index is 2.39. The Balaban J connectivity index is 1.17. The maximum atomic E-state index is 2.39. The summed E-state index contributed by atoms with van der Waals surface area (Å²) in [7, 11) is 0. The second-order valence-electron chi connectivity index (χ2n) is 13.4. The van der Waals surface area contributed by atoms with Gasteiger partial charge in [0, 0.05) is 17.1 Å². The zero-order chi connectivity index (χ0) is 35.4. The van der Waals surface area contributed by atoms with Gasteiger partial charge in [0.2, 0.25) is 0 Å². The lowest BCUT2D eigenvalue weighted by atomic mass is 9.95. The summed E-state index contributed by atoms with van der Waals surface area (Å²) in [6.45, 7) is 0. The van der Waals surface area contributed by atoms with Crippen LogP contribution in [0.3, 0.4) is 0 Å². The summed E-state index contributed by atoms with van der Waals surface area (Å²) in [6.07, 6.45) is 0. The van der Waals surface area contributed by atoms with E-state index in [1.54, 1.807) is 0 Å². The number of hydrogen-bond donors (Lipinski definition) is 0. The van der Waals surface area contributed by atoms with E-state index in [1.165, 1.54) is 66.4 Å². The molecule has 0 N–H and O–H groups in total. The molecule has 0 aliphatic rings. The highest BCUT2D eigenvalue weighted by Gasteiger charge is 2.17. The van der Waals surface area contributed by atoms with Crippen LogP contribution in [-0.2, 0) is 0 Å². The van der Waals surface area contributed by atoms with Crippen LogP contribution in [0.5, 0.6) is 0 Å². The van der Waals surface area contributed by atoms with E-state index in [2.05, 4.69) is 229 Å². The molecule has 9 aromatic rings. The van der Waals surface area contributed by atoms with E-state index >= 15 is 0 Å². The highest BCUT2D eigenvalue weighted by molar-refractivity contribution is 5.97.